The van der Waals surface area contributed by atoms with Crippen LogP contribution in [-0.4, -0.2) is 36.1 Å². The first-order chi connectivity index (χ1) is 9.42. The molecule has 0 unspecified atom stereocenters. The molecule has 0 aromatic rings. The van der Waals surface area contributed by atoms with Gasteiger partial charge in [0.2, 0.25) is 5.91 Å². The summed E-state index contributed by atoms with van der Waals surface area (Å²) in [4.78, 5) is 24.2. The number of carbonyl (C=O) groups excluding carboxylic acids is 2. The summed E-state index contributed by atoms with van der Waals surface area (Å²) in [6, 6.07) is -0.143. The van der Waals surface area contributed by atoms with E-state index < -0.39 is 11.6 Å². The summed E-state index contributed by atoms with van der Waals surface area (Å²) in [7, 11) is 0. The van der Waals surface area contributed by atoms with E-state index in [2.05, 4.69) is 10.6 Å². The molecular weight excluding hydrogens is 256 g/mol. The Kier molecular flexibility index (Phi) is 4.68. The van der Waals surface area contributed by atoms with E-state index in [0.717, 1.165) is 12.8 Å². The maximum Gasteiger partial charge on any atom is 0.323 e. The van der Waals surface area contributed by atoms with Crippen LogP contribution >= 0.6 is 0 Å². The van der Waals surface area contributed by atoms with E-state index in [1.54, 1.807) is 0 Å². The van der Waals surface area contributed by atoms with Gasteiger partial charge in [0, 0.05) is 6.04 Å². The van der Waals surface area contributed by atoms with Crippen molar-refractivity contribution in [3.63, 3.8) is 0 Å². The maximum atomic E-state index is 12.5. The fourth-order valence-electron chi connectivity index (χ4n) is 2.91. The number of cyclic esters (lactones) is 1. The van der Waals surface area contributed by atoms with Crippen LogP contribution in [0.3, 0.4) is 0 Å². The van der Waals surface area contributed by atoms with Gasteiger partial charge in [-0.15, -0.1) is 0 Å². The Bertz CT molecular complexity index is 377. The van der Waals surface area contributed by atoms with Crippen molar-refractivity contribution in [2.24, 2.45) is 5.92 Å². The summed E-state index contributed by atoms with van der Waals surface area (Å²) >= 11 is 0. The molecule has 1 aliphatic heterocycles. The Balaban J connectivity index is 1.98. The molecule has 1 saturated heterocycles. The molecule has 1 heterocycles. The molecule has 1 aliphatic carbocycles. The molecule has 20 heavy (non-hydrogen) atoms. The van der Waals surface area contributed by atoms with E-state index in [9.17, 15) is 9.59 Å². The number of rotatable bonds is 3. The number of esters is 1. The third-order valence-corrected chi connectivity index (χ3v) is 4.34. The summed E-state index contributed by atoms with van der Waals surface area (Å²) in [5.41, 5.74) is -0.819. The van der Waals surface area contributed by atoms with Crippen LogP contribution in [0.25, 0.3) is 0 Å². The van der Waals surface area contributed by atoms with Gasteiger partial charge in [-0.3, -0.25) is 14.9 Å². The van der Waals surface area contributed by atoms with Crippen molar-refractivity contribution < 1.29 is 14.3 Å². The van der Waals surface area contributed by atoms with Crippen molar-refractivity contribution in [2.75, 3.05) is 6.61 Å². The molecule has 2 aliphatic rings. The van der Waals surface area contributed by atoms with Gasteiger partial charge in [0.1, 0.15) is 18.2 Å². The van der Waals surface area contributed by atoms with E-state index in [1.807, 2.05) is 20.8 Å². The molecule has 5 nitrogen and oxygen atoms in total. The Labute approximate surface area is 120 Å². The molecule has 2 atom stereocenters. The molecule has 2 fully saturated rings. The lowest BCUT2D eigenvalue weighted by atomic mass is 9.91. The Morgan fingerprint density at radius 1 is 1.35 bits per heavy atom. The zero-order valence-corrected chi connectivity index (χ0v) is 12.7. The maximum absolute atomic E-state index is 12.5. The Hall–Kier alpha value is -1.10. The average Bonchev–Trinajstić information content (AvgIpc) is 2.42. The van der Waals surface area contributed by atoms with E-state index in [1.165, 1.54) is 19.3 Å². The summed E-state index contributed by atoms with van der Waals surface area (Å²) in [5.74, 6) is -0.213. The molecule has 1 amide bonds. The van der Waals surface area contributed by atoms with Crippen molar-refractivity contribution >= 4 is 11.9 Å². The van der Waals surface area contributed by atoms with Gasteiger partial charge in [-0.1, -0.05) is 33.1 Å². The lowest BCUT2D eigenvalue weighted by Crippen LogP contribution is -2.68. The van der Waals surface area contributed by atoms with Gasteiger partial charge in [-0.2, -0.15) is 0 Å². The smallest absolute Gasteiger partial charge is 0.323 e. The molecule has 5 heteroatoms. The van der Waals surface area contributed by atoms with Gasteiger partial charge in [0.15, 0.2) is 0 Å². The number of carbonyl (C=O) groups is 2. The minimum absolute atomic E-state index is 0.0532. The van der Waals surface area contributed by atoms with Crippen LogP contribution in [-0.2, 0) is 14.3 Å². The van der Waals surface area contributed by atoms with E-state index in [4.69, 9.17) is 4.74 Å². The van der Waals surface area contributed by atoms with Crippen LogP contribution in [0.4, 0.5) is 0 Å². The first-order valence-electron chi connectivity index (χ1n) is 7.68. The SMILES string of the molecule is CC(C)[C@H]1N[C@](C)(C(=O)NC2CCCCC2)COC1=O. The van der Waals surface area contributed by atoms with Crippen molar-refractivity contribution in [1.29, 1.82) is 0 Å². The van der Waals surface area contributed by atoms with Crippen LogP contribution < -0.4 is 10.6 Å². The fourth-order valence-corrected chi connectivity index (χ4v) is 2.91. The molecule has 0 bridgehead atoms. The van der Waals surface area contributed by atoms with Crippen LogP contribution in [0.5, 0.6) is 0 Å². The van der Waals surface area contributed by atoms with Crippen molar-refractivity contribution in [1.82, 2.24) is 10.6 Å². The van der Waals surface area contributed by atoms with Crippen molar-refractivity contribution in [3.8, 4) is 0 Å². The normalized spacial score (nSPS) is 32.0. The first-order valence-corrected chi connectivity index (χ1v) is 7.68. The second-order valence-electron chi connectivity index (χ2n) is 6.61. The van der Waals surface area contributed by atoms with E-state index >= 15 is 0 Å². The fraction of sp³-hybridized carbons (Fsp3) is 0.867. The molecular formula is C15H26N2O3. The van der Waals surface area contributed by atoms with Crippen LogP contribution in [0.2, 0.25) is 0 Å². The Morgan fingerprint density at radius 2 is 2.00 bits per heavy atom. The first kappa shape index (κ1) is 15.3. The molecule has 114 valence electrons. The van der Waals surface area contributed by atoms with Gasteiger partial charge in [0.05, 0.1) is 0 Å². The molecule has 2 rings (SSSR count). The summed E-state index contributed by atoms with van der Waals surface area (Å²) in [5, 5.41) is 6.29. The average molecular weight is 282 g/mol. The second kappa shape index (κ2) is 6.12. The predicted molar refractivity (Wildman–Crippen MR) is 76.1 cm³/mol. The van der Waals surface area contributed by atoms with E-state index in [-0.39, 0.29) is 30.4 Å². The molecule has 0 aromatic heterocycles. The molecule has 0 radical (unpaired) electrons. The van der Waals surface area contributed by atoms with Gasteiger partial charge < -0.3 is 10.1 Å². The summed E-state index contributed by atoms with van der Waals surface area (Å²) in [6.45, 7) is 5.81. The topological polar surface area (TPSA) is 67.4 Å². The summed E-state index contributed by atoms with van der Waals surface area (Å²) in [6.07, 6.45) is 5.72. The van der Waals surface area contributed by atoms with E-state index in [0.29, 0.717) is 0 Å². The van der Waals surface area contributed by atoms with Crippen LogP contribution in [0.15, 0.2) is 0 Å². The largest absolute Gasteiger partial charge is 0.462 e. The van der Waals surface area contributed by atoms with Gasteiger partial charge >= 0.3 is 5.97 Å². The zero-order chi connectivity index (χ0) is 14.8. The lowest BCUT2D eigenvalue weighted by Gasteiger charge is -2.39. The molecule has 2 N–H and O–H groups in total. The standard InChI is InChI=1S/C15H26N2O3/c1-10(2)12-13(18)20-9-15(3,17-12)14(19)16-11-7-5-4-6-8-11/h10-12,17H,4-9H2,1-3H3,(H,16,19)/t12-,15+/m1/s1. The predicted octanol–water partition coefficient (Wildman–Crippen LogP) is 1.36. The quantitative estimate of drug-likeness (QED) is 0.767. The highest BCUT2D eigenvalue weighted by Crippen LogP contribution is 2.21. The third-order valence-electron chi connectivity index (χ3n) is 4.34. The van der Waals surface area contributed by atoms with Gasteiger partial charge in [-0.05, 0) is 25.7 Å². The zero-order valence-electron chi connectivity index (χ0n) is 12.7. The lowest BCUT2D eigenvalue weighted by molar-refractivity contribution is -0.160. The highest BCUT2D eigenvalue weighted by atomic mass is 16.5. The second-order valence-corrected chi connectivity index (χ2v) is 6.61. The number of hydrogen-bond acceptors (Lipinski definition) is 4. The highest BCUT2D eigenvalue weighted by Gasteiger charge is 2.44. The Morgan fingerprint density at radius 3 is 2.60 bits per heavy atom. The minimum Gasteiger partial charge on any atom is -0.462 e. The number of morpholine rings is 1. The number of hydrogen-bond donors (Lipinski definition) is 2. The van der Waals surface area contributed by atoms with Crippen molar-refractivity contribution in [2.45, 2.75) is 70.5 Å². The van der Waals surface area contributed by atoms with Crippen molar-refractivity contribution in [3.05, 3.63) is 0 Å². The number of amides is 1. The van der Waals surface area contributed by atoms with Crippen LogP contribution in [0.1, 0.15) is 52.9 Å². The third kappa shape index (κ3) is 3.32. The van der Waals surface area contributed by atoms with Gasteiger partial charge in [-0.25, -0.2) is 0 Å². The number of ether oxygens (including phenoxy) is 1. The monoisotopic (exact) mass is 282 g/mol. The molecule has 1 saturated carbocycles. The summed E-state index contributed by atoms with van der Waals surface area (Å²) < 4.78 is 5.22. The highest BCUT2D eigenvalue weighted by molar-refractivity contribution is 5.89. The number of nitrogens with one attached hydrogen (secondary N) is 2. The molecule has 0 spiro atoms. The molecule has 0 aromatic carbocycles. The minimum atomic E-state index is -0.819. The van der Waals surface area contributed by atoms with Gasteiger partial charge in [0.25, 0.3) is 0 Å². The van der Waals surface area contributed by atoms with Crippen LogP contribution in [0, 0.1) is 5.92 Å².